The number of hydrogen-bond donors (Lipinski definition) is 2. The van der Waals surface area contributed by atoms with Crippen molar-refractivity contribution < 1.29 is 19.4 Å². The number of carbonyl (C=O) groups excluding carboxylic acids is 1. The number of alkyl carbamates (subject to hydrolysis) is 1. The molecule has 1 aromatic heterocycles. The van der Waals surface area contributed by atoms with Gasteiger partial charge in [-0.1, -0.05) is 48.5 Å². The minimum atomic E-state index is -1.15. The lowest BCUT2D eigenvalue weighted by molar-refractivity contribution is -0.139. The Morgan fingerprint density at radius 2 is 1.75 bits per heavy atom. The molecule has 8 heteroatoms. The summed E-state index contributed by atoms with van der Waals surface area (Å²) >= 11 is 0.989. The lowest BCUT2D eigenvalue weighted by Gasteiger charge is -2.17. The van der Waals surface area contributed by atoms with E-state index < -0.39 is 18.1 Å². The second-order valence-corrected chi connectivity index (χ2v) is 7.02. The van der Waals surface area contributed by atoms with Crippen LogP contribution in [0.4, 0.5) is 4.79 Å². The minimum Gasteiger partial charge on any atom is -0.480 e. The molecular formula is C20H17N3O4S. The van der Waals surface area contributed by atoms with E-state index in [1.54, 1.807) is 0 Å². The molecule has 1 unspecified atom stereocenters. The SMILES string of the molecule is O=C(NC(Cc1cnsn1)C(=O)O)OCC1c2ccccc2-c2ccccc21. The van der Waals surface area contributed by atoms with Crippen molar-refractivity contribution >= 4 is 23.8 Å². The number of benzene rings is 2. The predicted octanol–water partition coefficient (Wildman–Crippen LogP) is 3.07. The number of fused-ring (bicyclic) bond motifs is 3. The van der Waals surface area contributed by atoms with Gasteiger partial charge in [-0.25, -0.2) is 9.59 Å². The molecule has 0 saturated carbocycles. The fraction of sp³-hybridized carbons (Fsp3) is 0.200. The topological polar surface area (TPSA) is 101 Å². The summed E-state index contributed by atoms with van der Waals surface area (Å²) < 4.78 is 13.2. The molecule has 0 spiro atoms. The van der Waals surface area contributed by atoms with Crippen LogP contribution in [0.25, 0.3) is 11.1 Å². The maximum absolute atomic E-state index is 12.2. The van der Waals surface area contributed by atoms with Gasteiger partial charge in [0, 0.05) is 12.3 Å². The maximum atomic E-state index is 12.2. The van der Waals surface area contributed by atoms with Crippen LogP contribution in [0.3, 0.4) is 0 Å². The van der Waals surface area contributed by atoms with Crippen LogP contribution in [0.5, 0.6) is 0 Å². The lowest BCUT2D eigenvalue weighted by Crippen LogP contribution is -2.43. The van der Waals surface area contributed by atoms with Gasteiger partial charge < -0.3 is 15.2 Å². The Kier molecular flexibility index (Phi) is 5.03. The van der Waals surface area contributed by atoms with Gasteiger partial charge in [0.05, 0.1) is 23.6 Å². The van der Waals surface area contributed by atoms with Gasteiger partial charge in [0.1, 0.15) is 12.6 Å². The molecule has 3 aromatic rings. The summed E-state index contributed by atoms with van der Waals surface area (Å²) in [6, 6.07) is 14.9. The standard InChI is InChI=1S/C20H17N3O4S/c24-19(25)18(9-12-10-21-28-23-12)22-20(26)27-11-17-15-7-3-1-5-13(15)14-6-2-4-8-16(14)17/h1-8,10,17-18H,9,11H2,(H,22,26)(H,24,25). The number of carbonyl (C=O) groups is 2. The van der Waals surface area contributed by atoms with Crippen LogP contribution in [-0.2, 0) is 16.0 Å². The molecule has 1 atom stereocenters. The van der Waals surface area contributed by atoms with E-state index in [2.05, 4.69) is 26.2 Å². The second kappa shape index (κ2) is 7.77. The van der Waals surface area contributed by atoms with Crippen molar-refractivity contribution in [1.82, 2.24) is 14.1 Å². The Hall–Kier alpha value is -3.26. The number of aromatic nitrogens is 2. The van der Waals surface area contributed by atoms with Gasteiger partial charge in [-0.05, 0) is 22.3 Å². The van der Waals surface area contributed by atoms with Crippen molar-refractivity contribution in [2.75, 3.05) is 6.61 Å². The monoisotopic (exact) mass is 395 g/mol. The fourth-order valence-corrected chi connectivity index (χ4v) is 3.91. The number of hydrogen-bond acceptors (Lipinski definition) is 6. The molecule has 0 aliphatic heterocycles. The largest absolute Gasteiger partial charge is 0.480 e. The molecule has 28 heavy (non-hydrogen) atoms. The molecule has 0 radical (unpaired) electrons. The first kappa shape index (κ1) is 18.1. The van der Waals surface area contributed by atoms with E-state index in [-0.39, 0.29) is 18.9 Å². The first-order valence-corrected chi connectivity index (χ1v) is 9.47. The molecule has 0 saturated heterocycles. The van der Waals surface area contributed by atoms with Gasteiger partial charge in [0.15, 0.2) is 0 Å². The Bertz CT molecular complexity index is 961. The van der Waals surface area contributed by atoms with Crippen molar-refractivity contribution in [2.24, 2.45) is 0 Å². The summed E-state index contributed by atoms with van der Waals surface area (Å²) in [5.41, 5.74) is 4.97. The van der Waals surface area contributed by atoms with Crippen LogP contribution < -0.4 is 5.32 Å². The highest BCUT2D eigenvalue weighted by molar-refractivity contribution is 6.99. The zero-order chi connectivity index (χ0) is 19.5. The minimum absolute atomic E-state index is 0.0516. The smallest absolute Gasteiger partial charge is 0.407 e. The van der Waals surface area contributed by atoms with E-state index in [1.807, 2.05) is 36.4 Å². The number of carboxylic acids is 1. The highest BCUT2D eigenvalue weighted by atomic mass is 32.1. The molecule has 142 valence electrons. The number of nitrogens with one attached hydrogen (secondary N) is 1. The van der Waals surface area contributed by atoms with Crippen molar-refractivity contribution in [3.8, 4) is 11.1 Å². The quantitative estimate of drug-likeness (QED) is 0.665. The molecule has 0 fully saturated rings. The van der Waals surface area contributed by atoms with Crippen molar-refractivity contribution in [1.29, 1.82) is 0 Å². The van der Waals surface area contributed by atoms with E-state index in [0.717, 1.165) is 34.0 Å². The molecule has 1 amide bonds. The van der Waals surface area contributed by atoms with Crippen LogP contribution in [0.2, 0.25) is 0 Å². The van der Waals surface area contributed by atoms with Crippen LogP contribution in [0.1, 0.15) is 22.7 Å². The summed E-state index contributed by atoms with van der Waals surface area (Å²) in [5, 5.41) is 11.7. The van der Waals surface area contributed by atoms with Crippen LogP contribution in [-0.4, -0.2) is 38.6 Å². The molecule has 4 rings (SSSR count). The predicted molar refractivity (Wildman–Crippen MR) is 103 cm³/mol. The van der Waals surface area contributed by atoms with Crippen molar-refractivity contribution in [3.63, 3.8) is 0 Å². The third-order valence-electron chi connectivity index (χ3n) is 4.75. The van der Waals surface area contributed by atoms with E-state index in [4.69, 9.17) is 4.74 Å². The molecule has 2 aromatic carbocycles. The summed E-state index contributed by atoms with van der Waals surface area (Å²) in [7, 11) is 0. The number of ether oxygens (including phenoxy) is 1. The van der Waals surface area contributed by atoms with Crippen molar-refractivity contribution in [2.45, 2.75) is 18.4 Å². The highest BCUT2D eigenvalue weighted by Gasteiger charge is 2.29. The van der Waals surface area contributed by atoms with Gasteiger partial charge in [-0.3, -0.25) is 0 Å². The summed E-state index contributed by atoms with van der Waals surface area (Å²) in [6.45, 7) is 0.129. The summed E-state index contributed by atoms with van der Waals surface area (Å²) in [5.74, 6) is -1.23. The van der Waals surface area contributed by atoms with Gasteiger partial charge in [-0.2, -0.15) is 8.75 Å². The van der Waals surface area contributed by atoms with Crippen LogP contribution >= 0.6 is 11.7 Å². The number of rotatable bonds is 6. The third-order valence-corrected chi connectivity index (χ3v) is 5.27. The first-order valence-electron chi connectivity index (χ1n) is 8.74. The molecule has 1 aliphatic carbocycles. The molecule has 1 heterocycles. The fourth-order valence-electron chi connectivity index (χ4n) is 3.47. The molecule has 7 nitrogen and oxygen atoms in total. The Morgan fingerprint density at radius 3 is 2.32 bits per heavy atom. The third kappa shape index (κ3) is 3.59. The zero-order valence-corrected chi connectivity index (χ0v) is 15.6. The molecule has 2 N–H and O–H groups in total. The average Bonchev–Trinajstić information content (AvgIpc) is 3.32. The highest BCUT2D eigenvalue weighted by Crippen LogP contribution is 2.44. The Morgan fingerprint density at radius 1 is 1.11 bits per heavy atom. The summed E-state index contributed by atoms with van der Waals surface area (Å²) in [6.07, 6.45) is 0.771. The van der Waals surface area contributed by atoms with Crippen LogP contribution in [0.15, 0.2) is 54.7 Å². The lowest BCUT2D eigenvalue weighted by atomic mass is 9.98. The maximum Gasteiger partial charge on any atom is 0.407 e. The first-order chi connectivity index (χ1) is 13.6. The van der Waals surface area contributed by atoms with Crippen molar-refractivity contribution in [3.05, 3.63) is 71.5 Å². The van der Waals surface area contributed by atoms with Gasteiger partial charge in [0.25, 0.3) is 0 Å². The van der Waals surface area contributed by atoms with Crippen LogP contribution in [0, 0.1) is 0 Å². The summed E-state index contributed by atoms with van der Waals surface area (Å²) in [4.78, 5) is 23.7. The van der Waals surface area contributed by atoms with E-state index in [0.29, 0.717) is 5.69 Å². The average molecular weight is 395 g/mol. The molecule has 1 aliphatic rings. The van der Waals surface area contributed by atoms with E-state index in [1.165, 1.54) is 6.20 Å². The number of amides is 1. The number of aliphatic carboxylic acids is 1. The second-order valence-electron chi connectivity index (χ2n) is 6.46. The molecule has 0 bridgehead atoms. The number of carboxylic acid groups (broad SMARTS) is 1. The zero-order valence-electron chi connectivity index (χ0n) is 14.7. The van der Waals surface area contributed by atoms with Gasteiger partial charge in [0.2, 0.25) is 0 Å². The van der Waals surface area contributed by atoms with Gasteiger partial charge >= 0.3 is 12.1 Å². The Labute approximate surface area is 165 Å². The van der Waals surface area contributed by atoms with E-state index >= 15 is 0 Å². The molecular weight excluding hydrogens is 378 g/mol. The van der Waals surface area contributed by atoms with Gasteiger partial charge in [-0.15, -0.1) is 0 Å². The normalized spacial score (nSPS) is 13.4. The number of nitrogens with zero attached hydrogens (tertiary/aromatic N) is 2. The van der Waals surface area contributed by atoms with E-state index in [9.17, 15) is 14.7 Å². The Balaban J connectivity index is 1.44.